The van der Waals surface area contributed by atoms with Gasteiger partial charge in [-0.1, -0.05) is 77.5 Å². The van der Waals surface area contributed by atoms with Gasteiger partial charge in [-0.3, -0.25) is 4.79 Å². The molecule has 366 valence electrons. The van der Waals surface area contributed by atoms with Crippen molar-refractivity contribution in [2.75, 3.05) is 20.8 Å². The lowest BCUT2D eigenvalue weighted by Gasteiger charge is -2.48. The third-order valence-corrected chi connectivity index (χ3v) is 15.1. The standard InChI is InChI=1S/C51H78O14/c1-27(2)15-16-30(5)46-31(6)19-20-50(65-46)25-37-22-36(64-50)18-17-29(4)45(28(3)13-12-14-35-26-58-48-43(52)32(7)21-38(49(54)61-37)51(35,48)55)62-42-24-40(57-11)47(34(9)60-42)63-41-23-39(56-10)44(53)33(8)59-41/h12-14,17,19-21,27-28,30-31,33-34,36-48,52-53,55H,15-16,18,22-26H2,1-11H3/b13-12+,29-17+,35-14+/t28-,30-,31-,33-,34-,36+,37-,38-,39-,40-,41-,42-,43+,44-,45-,46+,47-,48+,50+,51+/m0/s1. The van der Waals surface area contributed by atoms with Crippen LogP contribution >= 0.6 is 0 Å². The van der Waals surface area contributed by atoms with Crippen LogP contribution in [-0.2, 0) is 52.2 Å². The second kappa shape index (κ2) is 21.1. The highest BCUT2D eigenvalue weighted by atomic mass is 16.7. The smallest absolute Gasteiger partial charge is 0.316 e. The summed E-state index contributed by atoms with van der Waals surface area (Å²) in [5.41, 5.74) is 0.135. The van der Waals surface area contributed by atoms with Crippen LogP contribution in [0.3, 0.4) is 0 Å². The summed E-state index contributed by atoms with van der Waals surface area (Å²) in [5.74, 6) is -2.01. The van der Waals surface area contributed by atoms with Gasteiger partial charge in [-0.15, -0.1) is 0 Å². The molecule has 0 amide bonds. The van der Waals surface area contributed by atoms with E-state index in [1.165, 1.54) is 0 Å². The lowest BCUT2D eigenvalue weighted by molar-refractivity contribution is -0.318. The molecule has 6 heterocycles. The van der Waals surface area contributed by atoms with Gasteiger partial charge in [0.25, 0.3) is 0 Å². The fourth-order valence-electron chi connectivity index (χ4n) is 11.1. The van der Waals surface area contributed by atoms with Crippen LogP contribution in [0.5, 0.6) is 0 Å². The third-order valence-electron chi connectivity index (χ3n) is 15.1. The third kappa shape index (κ3) is 10.9. The van der Waals surface area contributed by atoms with E-state index in [-0.39, 0.29) is 36.6 Å². The lowest BCUT2D eigenvalue weighted by atomic mass is 9.71. The highest BCUT2D eigenvalue weighted by molar-refractivity contribution is 5.78. The van der Waals surface area contributed by atoms with Crippen LogP contribution in [0.1, 0.15) is 107 Å². The van der Waals surface area contributed by atoms with Crippen LogP contribution in [0.4, 0.5) is 0 Å². The predicted octanol–water partition coefficient (Wildman–Crippen LogP) is 6.40. The van der Waals surface area contributed by atoms with Gasteiger partial charge in [-0.05, 0) is 75.2 Å². The summed E-state index contributed by atoms with van der Waals surface area (Å²) in [4.78, 5) is 14.5. The van der Waals surface area contributed by atoms with Crippen molar-refractivity contribution in [3.05, 3.63) is 59.3 Å². The molecule has 1 spiro atoms. The van der Waals surface area contributed by atoms with E-state index in [4.69, 9.17) is 47.4 Å². The molecule has 2 bridgehead atoms. The Hall–Kier alpha value is -2.31. The molecule has 4 fully saturated rings. The fraction of sp³-hybridized carbons (Fsp3) is 0.784. The van der Waals surface area contributed by atoms with E-state index in [0.29, 0.717) is 49.2 Å². The Morgan fingerprint density at radius 2 is 1.55 bits per heavy atom. The van der Waals surface area contributed by atoms with Crippen LogP contribution in [-0.4, -0.2) is 139 Å². The summed E-state index contributed by atoms with van der Waals surface area (Å²) >= 11 is 0. The minimum atomic E-state index is -1.84. The molecular weight excluding hydrogens is 837 g/mol. The van der Waals surface area contributed by atoms with E-state index in [0.717, 1.165) is 18.4 Å². The second-order valence-corrected chi connectivity index (χ2v) is 20.5. The van der Waals surface area contributed by atoms with E-state index in [1.54, 1.807) is 40.2 Å². The number of ether oxygens (including phenoxy) is 10. The molecule has 0 saturated carbocycles. The number of rotatable bonds is 10. The Balaban J connectivity index is 1.18. The quantitative estimate of drug-likeness (QED) is 0.163. The SMILES string of the molecule is CO[C@H]1C[C@H](O[C@H]2[C@H](C)O[C@@H](O[C@@H]3/C(C)=C/C[C@@H]4C[C@@H](C[C@]5(C=C[C@H](C)[C@@H]([C@@H](C)CCC(C)C)O5)O4)OC(=O)[C@@H]4C=C(C)[C@@H](O)[C@H]5OC/C(=C\C=C\[C@@H]3C)[C@]54O)C[C@@H]2OC)O[C@@H](C)[C@@H]1O. The molecule has 4 saturated heterocycles. The summed E-state index contributed by atoms with van der Waals surface area (Å²) in [7, 11) is 3.22. The molecule has 14 nitrogen and oxygen atoms in total. The van der Waals surface area contributed by atoms with E-state index < -0.39 is 96.9 Å². The first-order valence-electron chi connectivity index (χ1n) is 24.2. The number of carbonyl (C=O) groups is 1. The lowest BCUT2D eigenvalue weighted by Crippen LogP contribution is -2.58. The minimum absolute atomic E-state index is 0.0311. The number of allylic oxidation sites excluding steroid dienone is 2. The number of fused-ring (bicyclic) bond motifs is 2. The Morgan fingerprint density at radius 1 is 0.846 bits per heavy atom. The van der Waals surface area contributed by atoms with Crippen LogP contribution in [0.25, 0.3) is 0 Å². The molecule has 0 aromatic rings. The molecule has 6 aliphatic heterocycles. The normalized spacial score (nSPS) is 47.5. The zero-order valence-corrected chi connectivity index (χ0v) is 40.5. The van der Waals surface area contributed by atoms with Crippen molar-refractivity contribution in [2.24, 2.45) is 29.6 Å². The van der Waals surface area contributed by atoms with Crippen LogP contribution in [0.15, 0.2) is 59.3 Å². The largest absolute Gasteiger partial charge is 0.462 e. The molecule has 0 aromatic heterocycles. The van der Waals surface area contributed by atoms with Crippen molar-refractivity contribution in [1.82, 2.24) is 0 Å². The first-order valence-corrected chi connectivity index (χ1v) is 24.2. The Morgan fingerprint density at radius 3 is 2.28 bits per heavy atom. The average molecular weight is 915 g/mol. The zero-order valence-electron chi connectivity index (χ0n) is 40.5. The molecule has 0 unspecified atom stereocenters. The zero-order chi connectivity index (χ0) is 47.0. The molecule has 65 heavy (non-hydrogen) atoms. The van der Waals surface area contributed by atoms with Crippen LogP contribution in [0.2, 0.25) is 0 Å². The summed E-state index contributed by atoms with van der Waals surface area (Å²) in [5, 5.41) is 34.4. The van der Waals surface area contributed by atoms with Gasteiger partial charge < -0.3 is 62.7 Å². The number of aliphatic hydroxyl groups is 3. The Kier molecular flexibility index (Phi) is 16.4. The Labute approximate surface area is 386 Å². The van der Waals surface area contributed by atoms with E-state index in [9.17, 15) is 20.1 Å². The number of hydrogen-bond donors (Lipinski definition) is 3. The van der Waals surface area contributed by atoms with E-state index >= 15 is 0 Å². The number of aliphatic hydroxyl groups excluding tert-OH is 2. The van der Waals surface area contributed by atoms with Crippen molar-refractivity contribution in [3.8, 4) is 0 Å². The van der Waals surface area contributed by atoms with Gasteiger partial charge in [0.05, 0.1) is 49.3 Å². The second-order valence-electron chi connectivity index (χ2n) is 20.5. The van der Waals surface area contributed by atoms with Gasteiger partial charge in [0.1, 0.15) is 42.0 Å². The highest BCUT2D eigenvalue weighted by Gasteiger charge is 2.60. The predicted molar refractivity (Wildman–Crippen MR) is 241 cm³/mol. The van der Waals surface area contributed by atoms with E-state index in [2.05, 4.69) is 46.8 Å². The summed E-state index contributed by atoms with van der Waals surface area (Å²) in [6.07, 6.45) is 9.75. The summed E-state index contributed by atoms with van der Waals surface area (Å²) in [6, 6.07) is 0. The molecule has 7 aliphatic rings. The van der Waals surface area contributed by atoms with Crippen LogP contribution in [0, 0.1) is 29.6 Å². The van der Waals surface area contributed by atoms with Gasteiger partial charge >= 0.3 is 5.97 Å². The topological polar surface area (TPSA) is 170 Å². The molecule has 20 atom stereocenters. The van der Waals surface area contributed by atoms with Gasteiger partial charge in [0.15, 0.2) is 18.4 Å². The van der Waals surface area contributed by atoms with Crippen molar-refractivity contribution in [2.45, 2.75) is 204 Å². The number of methoxy groups -OCH3 is 2. The minimum Gasteiger partial charge on any atom is -0.462 e. The maximum Gasteiger partial charge on any atom is 0.316 e. The number of hydrogen-bond acceptors (Lipinski definition) is 14. The average Bonchev–Trinajstić information content (AvgIpc) is 3.60. The molecule has 7 rings (SSSR count). The first kappa shape index (κ1) is 50.6. The van der Waals surface area contributed by atoms with Gasteiger partial charge in [-0.2, -0.15) is 0 Å². The molecule has 0 radical (unpaired) electrons. The highest BCUT2D eigenvalue weighted by Crippen LogP contribution is 2.47. The van der Waals surface area contributed by atoms with Crippen molar-refractivity contribution >= 4 is 5.97 Å². The van der Waals surface area contributed by atoms with Gasteiger partial charge in [0, 0.05) is 51.7 Å². The molecular formula is C51H78O14. The summed E-state index contributed by atoms with van der Waals surface area (Å²) < 4.78 is 64.1. The van der Waals surface area contributed by atoms with Crippen molar-refractivity contribution < 1.29 is 67.5 Å². The molecule has 1 aliphatic carbocycles. The molecule has 14 heteroatoms. The fourth-order valence-corrected chi connectivity index (χ4v) is 11.1. The van der Waals surface area contributed by atoms with Crippen molar-refractivity contribution in [1.29, 1.82) is 0 Å². The Bertz CT molecular complexity index is 1790. The van der Waals surface area contributed by atoms with Crippen LogP contribution < -0.4 is 0 Å². The van der Waals surface area contributed by atoms with E-state index in [1.807, 2.05) is 32.1 Å². The molecule has 3 N–H and O–H groups in total. The van der Waals surface area contributed by atoms with Crippen molar-refractivity contribution in [3.63, 3.8) is 0 Å². The number of carbonyl (C=O) groups excluding carboxylic acids is 1. The van der Waals surface area contributed by atoms with Gasteiger partial charge in [0.2, 0.25) is 0 Å². The maximum absolute atomic E-state index is 14.5. The number of esters is 1. The van der Waals surface area contributed by atoms with Gasteiger partial charge in [-0.25, -0.2) is 0 Å². The monoisotopic (exact) mass is 915 g/mol. The maximum atomic E-state index is 14.5. The summed E-state index contributed by atoms with van der Waals surface area (Å²) in [6.45, 7) is 18.5. The molecule has 0 aromatic carbocycles. The first-order chi connectivity index (χ1) is 30.9.